The first-order valence-corrected chi connectivity index (χ1v) is 6.52. The van der Waals surface area contributed by atoms with Gasteiger partial charge in [0.05, 0.1) is 24.1 Å². The van der Waals surface area contributed by atoms with Crippen molar-refractivity contribution in [2.24, 2.45) is 0 Å². The molecule has 0 amide bonds. The lowest BCUT2D eigenvalue weighted by Crippen LogP contribution is -2.23. The third-order valence-corrected chi connectivity index (χ3v) is 3.13. The molecular weight excluding hydrogens is 242 g/mol. The first kappa shape index (κ1) is 14.0. The number of pyridine rings is 1. The van der Waals surface area contributed by atoms with E-state index in [1.54, 1.807) is 7.11 Å². The molecule has 2 aromatic heterocycles. The standard InChI is InChI=1S/C14H21N3O2/c1-11-13(9-15-7-6-12(18)10-19-2)17-8-4-3-5-14(17)16-11/h3-5,8,12,15,18H,6-7,9-10H2,1-2H3. The predicted octanol–water partition coefficient (Wildman–Crippen LogP) is 1.13. The van der Waals surface area contributed by atoms with Crippen LogP contribution >= 0.6 is 0 Å². The van der Waals surface area contributed by atoms with Crippen LogP contribution in [0.25, 0.3) is 5.65 Å². The van der Waals surface area contributed by atoms with Gasteiger partial charge in [0.25, 0.3) is 0 Å². The molecule has 19 heavy (non-hydrogen) atoms. The van der Waals surface area contributed by atoms with Gasteiger partial charge in [0.1, 0.15) is 5.65 Å². The molecule has 0 aliphatic rings. The monoisotopic (exact) mass is 263 g/mol. The van der Waals surface area contributed by atoms with Crippen LogP contribution in [-0.2, 0) is 11.3 Å². The summed E-state index contributed by atoms with van der Waals surface area (Å²) in [5.41, 5.74) is 3.17. The summed E-state index contributed by atoms with van der Waals surface area (Å²) in [6.45, 7) is 3.90. The van der Waals surface area contributed by atoms with E-state index in [9.17, 15) is 5.11 Å². The number of aliphatic hydroxyl groups excluding tert-OH is 1. The molecule has 0 saturated heterocycles. The number of aryl methyl sites for hydroxylation is 1. The Morgan fingerprint density at radius 3 is 3.11 bits per heavy atom. The predicted molar refractivity (Wildman–Crippen MR) is 74.1 cm³/mol. The van der Waals surface area contributed by atoms with Gasteiger partial charge in [-0.2, -0.15) is 0 Å². The Hall–Kier alpha value is -1.43. The second kappa shape index (κ2) is 6.65. The highest BCUT2D eigenvalue weighted by molar-refractivity contribution is 5.42. The first-order valence-electron chi connectivity index (χ1n) is 6.52. The normalized spacial score (nSPS) is 13.0. The van der Waals surface area contributed by atoms with Crippen LogP contribution in [0.3, 0.4) is 0 Å². The Balaban J connectivity index is 1.89. The first-order chi connectivity index (χ1) is 9.22. The summed E-state index contributed by atoms with van der Waals surface area (Å²) in [6, 6.07) is 5.99. The molecule has 0 aliphatic heterocycles. The maximum Gasteiger partial charge on any atom is 0.137 e. The minimum Gasteiger partial charge on any atom is -0.391 e. The van der Waals surface area contributed by atoms with Crippen LogP contribution in [-0.4, -0.2) is 40.9 Å². The lowest BCUT2D eigenvalue weighted by Gasteiger charge is -2.10. The Kier molecular flexibility index (Phi) is 4.90. The number of fused-ring (bicyclic) bond motifs is 1. The minimum atomic E-state index is -0.402. The van der Waals surface area contributed by atoms with Gasteiger partial charge in [0.2, 0.25) is 0 Å². The van der Waals surface area contributed by atoms with E-state index in [0.29, 0.717) is 13.0 Å². The molecule has 2 aromatic rings. The van der Waals surface area contributed by atoms with Crippen molar-refractivity contribution in [3.05, 3.63) is 35.8 Å². The SMILES string of the molecule is COCC(O)CCNCc1c(C)nc2ccccn12. The highest BCUT2D eigenvalue weighted by Crippen LogP contribution is 2.11. The average Bonchev–Trinajstić information content (AvgIpc) is 2.71. The number of aromatic nitrogens is 2. The van der Waals surface area contributed by atoms with Crippen LogP contribution in [0, 0.1) is 6.92 Å². The van der Waals surface area contributed by atoms with Crippen molar-refractivity contribution in [2.75, 3.05) is 20.3 Å². The molecule has 0 spiro atoms. The fourth-order valence-corrected chi connectivity index (χ4v) is 2.13. The quantitative estimate of drug-likeness (QED) is 0.735. The van der Waals surface area contributed by atoms with Crippen LogP contribution < -0.4 is 5.32 Å². The Morgan fingerprint density at radius 1 is 1.47 bits per heavy atom. The number of nitrogens with one attached hydrogen (secondary N) is 1. The van der Waals surface area contributed by atoms with Gasteiger partial charge in [-0.15, -0.1) is 0 Å². The second-order valence-electron chi connectivity index (χ2n) is 4.65. The lowest BCUT2D eigenvalue weighted by atomic mass is 10.2. The van der Waals surface area contributed by atoms with Crippen molar-refractivity contribution in [3.63, 3.8) is 0 Å². The van der Waals surface area contributed by atoms with Gasteiger partial charge in [-0.1, -0.05) is 6.07 Å². The van der Waals surface area contributed by atoms with E-state index >= 15 is 0 Å². The molecule has 2 rings (SSSR count). The number of imidazole rings is 1. The number of rotatable bonds is 7. The van der Waals surface area contributed by atoms with Crippen LogP contribution in [0.1, 0.15) is 17.8 Å². The summed E-state index contributed by atoms with van der Waals surface area (Å²) < 4.78 is 6.98. The molecule has 5 heteroatoms. The zero-order chi connectivity index (χ0) is 13.7. The second-order valence-corrected chi connectivity index (χ2v) is 4.65. The van der Waals surface area contributed by atoms with E-state index in [-0.39, 0.29) is 0 Å². The fourth-order valence-electron chi connectivity index (χ4n) is 2.13. The number of hydrogen-bond acceptors (Lipinski definition) is 4. The lowest BCUT2D eigenvalue weighted by molar-refractivity contribution is 0.0594. The maximum absolute atomic E-state index is 9.55. The third-order valence-electron chi connectivity index (χ3n) is 3.13. The smallest absolute Gasteiger partial charge is 0.137 e. The van der Waals surface area contributed by atoms with Crippen LogP contribution in [0.4, 0.5) is 0 Å². The third kappa shape index (κ3) is 3.53. The van der Waals surface area contributed by atoms with Gasteiger partial charge in [0.15, 0.2) is 0 Å². The molecule has 0 saturated carbocycles. The molecule has 5 nitrogen and oxygen atoms in total. The van der Waals surface area contributed by atoms with Gasteiger partial charge in [-0.05, 0) is 32.0 Å². The number of methoxy groups -OCH3 is 1. The zero-order valence-electron chi connectivity index (χ0n) is 11.5. The molecule has 0 fully saturated rings. The van der Waals surface area contributed by atoms with E-state index in [1.807, 2.05) is 31.3 Å². The summed E-state index contributed by atoms with van der Waals surface area (Å²) in [7, 11) is 1.60. The van der Waals surface area contributed by atoms with Crippen LogP contribution in [0.5, 0.6) is 0 Å². The summed E-state index contributed by atoms with van der Waals surface area (Å²) in [5.74, 6) is 0. The fraction of sp³-hybridized carbons (Fsp3) is 0.500. The molecule has 0 radical (unpaired) electrons. The minimum absolute atomic E-state index is 0.385. The topological polar surface area (TPSA) is 58.8 Å². The highest BCUT2D eigenvalue weighted by Gasteiger charge is 2.08. The molecule has 0 aliphatic carbocycles. The highest BCUT2D eigenvalue weighted by atomic mass is 16.5. The van der Waals surface area contributed by atoms with Gasteiger partial charge >= 0.3 is 0 Å². The van der Waals surface area contributed by atoms with E-state index < -0.39 is 6.10 Å². The van der Waals surface area contributed by atoms with E-state index in [1.165, 1.54) is 0 Å². The molecular formula is C14H21N3O2. The molecule has 104 valence electrons. The van der Waals surface area contributed by atoms with Crippen molar-refractivity contribution in [1.29, 1.82) is 0 Å². The maximum atomic E-state index is 9.55. The van der Waals surface area contributed by atoms with E-state index in [0.717, 1.165) is 30.1 Å². The molecule has 2 heterocycles. The Bertz CT molecular complexity index is 524. The summed E-state index contributed by atoms with van der Waals surface area (Å²) in [5, 5.41) is 12.9. The summed E-state index contributed by atoms with van der Waals surface area (Å²) in [6.07, 6.45) is 2.30. The Labute approximate surface area is 113 Å². The molecule has 2 N–H and O–H groups in total. The number of hydrogen-bond donors (Lipinski definition) is 2. The van der Waals surface area contributed by atoms with Crippen molar-refractivity contribution in [3.8, 4) is 0 Å². The van der Waals surface area contributed by atoms with Crippen molar-refractivity contribution in [1.82, 2.24) is 14.7 Å². The van der Waals surface area contributed by atoms with Gasteiger partial charge in [0, 0.05) is 19.9 Å². The van der Waals surface area contributed by atoms with E-state index in [2.05, 4.69) is 14.7 Å². The number of nitrogens with zero attached hydrogens (tertiary/aromatic N) is 2. The summed E-state index contributed by atoms with van der Waals surface area (Å²) in [4.78, 5) is 4.51. The molecule has 1 atom stereocenters. The molecule has 0 bridgehead atoms. The van der Waals surface area contributed by atoms with Crippen molar-refractivity contribution < 1.29 is 9.84 Å². The van der Waals surface area contributed by atoms with Gasteiger partial charge in [-0.25, -0.2) is 4.98 Å². The summed E-state index contributed by atoms with van der Waals surface area (Å²) >= 11 is 0. The van der Waals surface area contributed by atoms with Crippen LogP contribution in [0.15, 0.2) is 24.4 Å². The average molecular weight is 263 g/mol. The van der Waals surface area contributed by atoms with Gasteiger partial charge < -0.3 is 19.6 Å². The van der Waals surface area contributed by atoms with Crippen molar-refractivity contribution in [2.45, 2.75) is 26.0 Å². The van der Waals surface area contributed by atoms with Gasteiger partial charge in [-0.3, -0.25) is 0 Å². The molecule has 1 unspecified atom stereocenters. The number of aliphatic hydroxyl groups is 1. The van der Waals surface area contributed by atoms with Crippen molar-refractivity contribution >= 4 is 5.65 Å². The number of ether oxygens (including phenoxy) is 1. The molecule has 0 aromatic carbocycles. The van der Waals surface area contributed by atoms with E-state index in [4.69, 9.17) is 4.74 Å². The zero-order valence-corrected chi connectivity index (χ0v) is 11.5. The largest absolute Gasteiger partial charge is 0.391 e. The van der Waals surface area contributed by atoms with Crippen LogP contribution in [0.2, 0.25) is 0 Å². The Morgan fingerprint density at radius 2 is 2.32 bits per heavy atom.